The number of nitrogen functional groups attached to an aromatic ring is 1. The zero-order chi connectivity index (χ0) is 16.6. The van der Waals surface area contributed by atoms with Gasteiger partial charge in [0, 0.05) is 0 Å². The SMILES string of the molecule is Nc1nc2ccccc2s1.O=C(O)[C@@H]1[C@H](C(=O)O)[C@H]2CC[C@@H]1O2. The van der Waals surface area contributed by atoms with E-state index in [0.29, 0.717) is 18.0 Å². The highest BCUT2D eigenvalue weighted by atomic mass is 32.1. The van der Waals surface area contributed by atoms with E-state index in [1.807, 2.05) is 24.3 Å². The number of aliphatic carboxylic acids is 2. The lowest BCUT2D eigenvalue weighted by molar-refractivity contribution is -0.154. The molecule has 0 amide bonds. The van der Waals surface area contributed by atoms with Gasteiger partial charge in [0.25, 0.3) is 0 Å². The molecule has 7 nitrogen and oxygen atoms in total. The number of thiazole rings is 1. The average Bonchev–Trinajstić information content (AvgIpc) is 3.19. The van der Waals surface area contributed by atoms with Crippen molar-refractivity contribution in [1.29, 1.82) is 0 Å². The number of rotatable bonds is 2. The number of nitrogens with two attached hydrogens (primary N) is 1. The van der Waals surface area contributed by atoms with E-state index in [1.165, 1.54) is 11.3 Å². The normalized spacial score (nSPS) is 28.3. The molecule has 8 heteroatoms. The molecule has 2 saturated heterocycles. The van der Waals surface area contributed by atoms with Crippen molar-refractivity contribution in [1.82, 2.24) is 4.98 Å². The second-order valence-corrected chi connectivity index (χ2v) is 6.60. The first-order valence-electron chi connectivity index (χ1n) is 7.19. The predicted molar refractivity (Wildman–Crippen MR) is 84.2 cm³/mol. The van der Waals surface area contributed by atoms with Crippen molar-refractivity contribution >= 4 is 38.6 Å². The summed E-state index contributed by atoms with van der Waals surface area (Å²) in [4.78, 5) is 25.6. The Labute approximate surface area is 135 Å². The fourth-order valence-electron chi connectivity index (χ4n) is 3.20. The Balaban J connectivity index is 0.000000140. The Kier molecular flexibility index (Phi) is 4.18. The summed E-state index contributed by atoms with van der Waals surface area (Å²) in [6.07, 6.45) is 0.573. The van der Waals surface area contributed by atoms with Crippen LogP contribution in [0.25, 0.3) is 10.2 Å². The molecule has 2 fully saturated rings. The first-order valence-corrected chi connectivity index (χ1v) is 8.01. The number of aromatic nitrogens is 1. The fourth-order valence-corrected chi connectivity index (χ4v) is 3.93. The summed E-state index contributed by atoms with van der Waals surface area (Å²) in [7, 11) is 0. The number of carbonyl (C=O) groups is 2. The van der Waals surface area contributed by atoms with Gasteiger partial charge in [0.1, 0.15) is 0 Å². The Morgan fingerprint density at radius 2 is 1.70 bits per heavy atom. The summed E-state index contributed by atoms with van der Waals surface area (Å²) in [6.45, 7) is 0. The highest BCUT2D eigenvalue weighted by Crippen LogP contribution is 2.43. The maximum Gasteiger partial charge on any atom is 0.310 e. The molecule has 4 rings (SSSR count). The Bertz CT molecular complexity index is 687. The number of hydrogen-bond donors (Lipinski definition) is 3. The van der Waals surface area contributed by atoms with Crippen molar-refractivity contribution in [2.24, 2.45) is 11.8 Å². The number of nitrogens with zero attached hydrogens (tertiary/aromatic N) is 1. The topological polar surface area (TPSA) is 123 Å². The van der Waals surface area contributed by atoms with Gasteiger partial charge in [0.05, 0.1) is 34.3 Å². The van der Waals surface area contributed by atoms with Crippen LogP contribution >= 0.6 is 11.3 Å². The second kappa shape index (κ2) is 6.13. The molecule has 23 heavy (non-hydrogen) atoms. The molecular weight excluding hydrogens is 320 g/mol. The highest BCUT2D eigenvalue weighted by Gasteiger charge is 2.55. The maximum absolute atomic E-state index is 10.8. The van der Waals surface area contributed by atoms with Crippen LogP contribution in [0, 0.1) is 11.8 Å². The number of carboxylic acid groups (broad SMARTS) is 2. The molecule has 2 aliphatic rings. The molecule has 1 aromatic heterocycles. The zero-order valence-electron chi connectivity index (χ0n) is 12.1. The number of hydrogen-bond acceptors (Lipinski definition) is 6. The number of benzene rings is 1. The smallest absolute Gasteiger partial charge is 0.310 e. The van der Waals surface area contributed by atoms with Crippen molar-refractivity contribution in [2.75, 3.05) is 5.73 Å². The van der Waals surface area contributed by atoms with Crippen molar-refractivity contribution in [3.63, 3.8) is 0 Å². The number of para-hydroxylation sites is 1. The summed E-state index contributed by atoms with van der Waals surface area (Å²) in [5.41, 5.74) is 6.49. The summed E-state index contributed by atoms with van der Waals surface area (Å²) in [5, 5.41) is 18.3. The first kappa shape index (κ1) is 15.7. The van der Waals surface area contributed by atoms with Gasteiger partial charge < -0.3 is 20.7 Å². The average molecular weight is 336 g/mol. The lowest BCUT2D eigenvalue weighted by Crippen LogP contribution is -2.38. The van der Waals surface area contributed by atoms with Crippen molar-refractivity contribution in [3.05, 3.63) is 24.3 Å². The quantitative estimate of drug-likeness (QED) is 0.764. The molecule has 1 aromatic carbocycles. The summed E-state index contributed by atoms with van der Waals surface area (Å²) in [6, 6.07) is 7.92. The van der Waals surface area contributed by atoms with Gasteiger partial charge in [0.15, 0.2) is 5.13 Å². The second-order valence-electron chi connectivity index (χ2n) is 5.54. The van der Waals surface area contributed by atoms with Gasteiger partial charge in [-0.3, -0.25) is 9.59 Å². The van der Waals surface area contributed by atoms with Gasteiger partial charge in [-0.25, -0.2) is 4.98 Å². The third-order valence-electron chi connectivity index (χ3n) is 4.15. The number of anilines is 1. The van der Waals surface area contributed by atoms with Crippen LogP contribution in [0.1, 0.15) is 12.8 Å². The molecule has 0 spiro atoms. The molecule has 0 unspecified atom stereocenters. The number of ether oxygens (including phenoxy) is 1. The minimum absolute atomic E-state index is 0.386. The predicted octanol–water partition coefficient (Wildman–Crippen LogP) is 1.83. The van der Waals surface area contributed by atoms with E-state index in [2.05, 4.69) is 4.98 Å². The molecule has 2 aromatic rings. The molecule has 2 bridgehead atoms. The summed E-state index contributed by atoms with van der Waals surface area (Å²) >= 11 is 1.52. The third-order valence-corrected chi connectivity index (χ3v) is 5.02. The Hall–Kier alpha value is -2.19. The molecule has 4 N–H and O–H groups in total. The Morgan fingerprint density at radius 1 is 1.13 bits per heavy atom. The fraction of sp³-hybridized carbons (Fsp3) is 0.400. The molecule has 4 atom stereocenters. The molecular formula is C15H16N2O5S. The van der Waals surface area contributed by atoms with E-state index in [4.69, 9.17) is 20.7 Å². The lowest BCUT2D eigenvalue weighted by Gasteiger charge is -2.20. The van der Waals surface area contributed by atoms with E-state index in [1.54, 1.807) is 0 Å². The van der Waals surface area contributed by atoms with Crippen LogP contribution in [-0.4, -0.2) is 39.3 Å². The zero-order valence-corrected chi connectivity index (χ0v) is 12.9. The van der Waals surface area contributed by atoms with Crippen LogP contribution in [0.4, 0.5) is 5.13 Å². The van der Waals surface area contributed by atoms with Crippen molar-refractivity contribution in [3.8, 4) is 0 Å². The first-order chi connectivity index (χ1) is 11.0. The largest absolute Gasteiger partial charge is 0.481 e. The van der Waals surface area contributed by atoms with Crippen LogP contribution in [0.3, 0.4) is 0 Å². The number of carboxylic acids is 2. The van der Waals surface area contributed by atoms with Gasteiger partial charge in [-0.15, -0.1) is 0 Å². The molecule has 122 valence electrons. The molecule has 2 aliphatic heterocycles. The van der Waals surface area contributed by atoms with Gasteiger partial charge in [-0.05, 0) is 25.0 Å². The van der Waals surface area contributed by atoms with Crippen LogP contribution < -0.4 is 5.73 Å². The molecule has 0 saturated carbocycles. The maximum atomic E-state index is 10.8. The lowest BCUT2D eigenvalue weighted by atomic mass is 9.79. The van der Waals surface area contributed by atoms with Crippen LogP contribution in [0.2, 0.25) is 0 Å². The van der Waals surface area contributed by atoms with Gasteiger partial charge in [0.2, 0.25) is 0 Å². The Morgan fingerprint density at radius 3 is 2.22 bits per heavy atom. The molecule has 0 aliphatic carbocycles. The summed E-state index contributed by atoms with van der Waals surface area (Å²) < 4.78 is 6.41. The highest BCUT2D eigenvalue weighted by molar-refractivity contribution is 7.22. The number of fused-ring (bicyclic) bond motifs is 3. The van der Waals surface area contributed by atoms with Gasteiger partial charge in [-0.1, -0.05) is 23.5 Å². The van der Waals surface area contributed by atoms with Crippen LogP contribution in [0.5, 0.6) is 0 Å². The van der Waals surface area contributed by atoms with E-state index in [0.717, 1.165) is 10.2 Å². The van der Waals surface area contributed by atoms with Gasteiger partial charge >= 0.3 is 11.9 Å². The molecule has 0 radical (unpaired) electrons. The standard InChI is InChI=1S/C8H10O5.C7H6N2S/c9-7(10)5-3-1-2-4(13-3)6(5)8(11)12;8-7-9-5-3-1-2-4-6(5)10-7/h3-6H,1-2H2,(H,9,10)(H,11,12);1-4H,(H2,8,9)/t3-,4+,5-,6+;. The van der Waals surface area contributed by atoms with Gasteiger partial charge in [-0.2, -0.15) is 0 Å². The van der Waals surface area contributed by atoms with E-state index < -0.39 is 23.8 Å². The minimum atomic E-state index is -1.06. The minimum Gasteiger partial charge on any atom is -0.481 e. The van der Waals surface area contributed by atoms with E-state index in [9.17, 15) is 9.59 Å². The molecule has 3 heterocycles. The van der Waals surface area contributed by atoms with E-state index in [-0.39, 0.29) is 12.2 Å². The van der Waals surface area contributed by atoms with Crippen molar-refractivity contribution < 1.29 is 24.5 Å². The van der Waals surface area contributed by atoms with Crippen LogP contribution in [0.15, 0.2) is 24.3 Å². The van der Waals surface area contributed by atoms with Crippen molar-refractivity contribution in [2.45, 2.75) is 25.0 Å². The van der Waals surface area contributed by atoms with Crippen LogP contribution in [-0.2, 0) is 14.3 Å². The monoisotopic (exact) mass is 336 g/mol. The summed E-state index contributed by atoms with van der Waals surface area (Å²) in [5.74, 6) is -3.81. The van der Waals surface area contributed by atoms with E-state index >= 15 is 0 Å². The third kappa shape index (κ3) is 2.99.